The van der Waals surface area contributed by atoms with E-state index in [0.29, 0.717) is 11.4 Å². The number of nitriles is 1. The third kappa shape index (κ3) is 2.91. The van der Waals surface area contributed by atoms with Crippen LogP contribution in [0.25, 0.3) is 21.9 Å². The lowest BCUT2D eigenvalue weighted by molar-refractivity contribution is 0.566. The number of hydrogen-bond acceptors (Lipinski definition) is 4. The van der Waals surface area contributed by atoms with Crippen molar-refractivity contribution in [3.8, 4) is 6.07 Å². The van der Waals surface area contributed by atoms with E-state index < -0.39 is 5.54 Å². The molecule has 1 atom stereocenters. The van der Waals surface area contributed by atoms with Gasteiger partial charge in [0.1, 0.15) is 5.82 Å². The van der Waals surface area contributed by atoms with Crippen molar-refractivity contribution >= 4 is 52.3 Å². The lowest BCUT2D eigenvalue weighted by atomic mass is 9.84. The van der Waals surface area contributed by atoms with E-state index in [2.05, 4.69) is 68.4 Å². The van der Waals surface area contributed by atoms with Crippen LogP contribution in [-0.2, 0) is 12.0 Å². The van der Waals surface area contributed by atoms with Crippen LogP contribution in [0.5, 0.6) is 0 Å². The molecule has 4 rings (SSSR count). The van der Waals surface area contributed by atoms with Crippen molar-refractivity contribution in [2.24, 2.45) is 5.73 Å². The average molecular weight is 501 g/mol. The molecule has 0 aliphatic rings. The van der Waals surface area contributed by atoms with Crippen LogP contribution in [0, 0.1) is 18.3 Å². The first-order valence-corrected chi connectivity index (χ1v) is 12.3. The second-order valence-corrected chi connectivity index (χ2v) is 8.90. The Morgan fingerprint density at radius 1 is 1.36 bits per heavy atom. The van der Waals surface area contributed by atoms with Gasteiger partial charge in [0.05, 0.1) is 33.7 Å². The van der Waals surface area contributed by atoms with E-state index in [0.717, 1.165) is 28.4 Å². The first kappa shape index (κ1) is 19.3. The number of imidazole rings is 1. The van der Waals surface area contributed by atoms with Gasteiger partial charge in [-0.05, 0) is 61.2 Å². The highest BCUT2D eigenvalue weighted by atomic mass is 127. The molecular formula is C21H20IN5S. The second-order valence-electron chi connectivity index (χ2n) is 7.19. The molecule has 2 heterocycles. The third-order valence-corrected chi connectivity index (χ3v) is 7.01. The van der Waals surface area contributed by atoms with E-state index in [9.17, 15) is 0 Å². The Hall–Kier alpha value is -2.02. The molecule has 0 saturated carbocycles. The van der Waals surface area contributed by atoms with E-state index in [1.54, 1.807) is 21.3 Å². The van der Waals surface area contributed by atoms with Crippen LogP contribution in [0.1, 0.15) is 41.9 Å². The van der Waals surface area contributed by atoms with Crippen molar-refractivity contribution in [2.75, 3.05) is 0 Å². The van der Waals surface area contributed by atoms with Crippen LogP contribution in [0.2, 0.25) is 0 Å². The summed E-state index contributed by atoms with van der Waals surface area (Å²) in [6.07, 6.45) is 2.98. The Balaban J connectivity index is 1.99. The molecule has 0 spiro atoms. The van der Waals surface area contributed by atoms with Gasteiger partial charge in [0.25, 0.3) is 0 Å². The van der Waals surface area contributed by atoms with E-state index in [4.69, 9.17) is 16.0 Å². The molecule has 1 unspecified atom stereocenters. The summed E-state index contributed by atoms with van der Waals surface area (Å²) in [5.74, 6) is 0.701. The summed E-state index contributed by atoms with van der Waals surface area (Å²) in [5, 5.41) is 10.3. The van der Waals surface area contributed by atoms with Gasteiger partial charge < -0.3 is 10.7 Å². The zero-order valence-corrected chi connectivity index (χ0v) is 18.9. The van der Waals surface area contributed by atoms with Gasteiger partial charge in [-0.15, -0.1) is 0 Å². The quantitative estimate of drug-likeness (QED) is 0.371. The van der Waals surface area contributed by atoms with Crippen LogP contribution in [0.4, 0.5) is 0 Å². The maximum atomic E-state index is 9.16. The molecule has 0 bridgehead atoms. The molecule has 0 aliphatic carbocycles. The standard InChI is InChI=1S/C21H20IN5S/c1-4-14-9-12(2)19-15(7-8-27(19)28-22)18(14)21(3,24)20-25-16-6-5-13(11-23)10-17(16)26-20/h5-10H,4,24H2,1-3H3,(H,25,26). The zero-order valence-electron chi connectivity index (χ0n) is 15.9. The molecule has 2 aromatic heterocycles. The molecule has 2 aromatic carbocycles. The molecule has 0 fully saturated rings. The van der Waals surface area contributed by atoms with Gasteiger partial charge in [0.15, 0.2) is 0 Å². The average Bonchev–Trinajstić information content (AvgIpc) is 3.31. The largest absolute Gasteiger partial charge is 0.340 e. The van der Waals surface area contributed by atoms with E-state index >= 15 is 0 Å². The SMILES string of the molecule is CCc1cc(C)c2c(ccn2SI)c1C(C)(N)c1nc2cc(C#N)ccc2[nH]1. The highest BCUT2D eigenvalue weighted by molar-refractivity contribution is 14.2. The predicted octanol–water partition coefficient (Wildman–Crippen LogP) is 5.33. The minimum atomic E-state index is -0.800. The smallest absolute Gasteiger partial charge is 0.131 e. The number of hydrogen-bond donors (Lipinski definition) is 2. The van der Waals surface area contributed by atoms with Crippen molar-refractivity contribution in [3.63, 3.8) is 0 Å². The van der Waals surface area contributed by atoms with Crippen LogP contribution >= 0.6 is 30.3 Å². The Bertz CT molecular complexity index is 1250. The highest BCUT2D eigenvalue weighted by Crippen LogP contribution is 2.38. The summed E-state index contributed by atoms with van der Waals surface area (Å²) < 4.78 is 2.17. The number of benzene rings is 2. The maximum Gasteiger partial charge on any atom is 0.131 e. The molecule has 0 amide bonds. The monoisotopic (exact) mass is 501 g/mol. The van der Waals surface area contributed by atoms with Crippen LogP contribution < -0.4 is 5.73 Å². The number of fused-ring (bicyclic) bond motifs is 2. The number of halogens is 1. The summed E-state index contributed by atoms with van der Waals surface area (Å²) in [6, 6.07) is 12.0. The van der Waals surface area contributed by atoms with Crippen molar-refractivity contribution < 1.29 is 0 Å². The van der Waals surface area contributed by atoms with Crippen molar-refractivity contribution in [1.29, 1.82) is 5.26 Å². The number of aromatic amines is 1. The zero-order chi connectivity index (χ0) is 20.1. The molecule has 0 radical (unpaired) electrons. The molecule has 0 saturated heterocycles. The summed E-state index contributed by atoms with van der Waals surface area (Å²) >= 11 is 2.30. The number of aryl methyl sites for hydroxylation is 2. The van der Waals surface area contributed by atoms with Crippen LogP contribution in [-0.4, -0.2) is 13.9 Å². The van der Waals surface area contributed by atoms with E-state index in [1.165, 1.54) is 16.6 Å². The summed E-state index contributed by atoms with van der Waals surface area (Å²) in [7, 11) is 1.65. The molecule has 5 nitrogen and oxygen atoms in total. The third-order valence-electron chi connectivity index (χ3n) is 5.29. The molecular weight excluding hydrogens is 481 g/mol. The lowest BCUT2D eigenvalue weighted by Crippen LogP contribution is -2.37. The van der Waals surface area contributed by atoms with Crippen LogP contribution in [0.15, 0.2) is 36.5 Å². The maximum absolute atomic E-state index is 9.16. The van der Waals surface area contributed by atoms with Gasteiger partial charge in [-0.2, -0.15) is 5.26 Å². The molecule has 3 N–H and O–H groups in total. The van der Waals surface area contributed by atoms with Gasteiger partial charge in [0.2, 0.25) is 0 Å². The van der Waals surface area contributed by atoms with Crippen molar-refractivity contribution in [2.45, 2.75) is 32.7 Å². The summed E-state index contributed by atoms with van der Waals surface area (Å²) in [4.78, 5) is 8.13. The summed E-state index contributed by atoms with van der Waals surface area (Å²) in [5.41, 5.74) is 13.1. The first-order chi connectivity index (χ1) is 13.4. The fourth-order valence-electron chi connectivity index (χ4n) is 3.97. The number of nitrogens with two attached hydrogens (primary N) is 1. The van der Waals surface area contributed by atoms with E-state index in [1.807, 2.05) is 13.0 Å². The molecule has 7 heteroatoms. The molecule has 28 heavy (non-hydrogen) atoms. The number of rotatable bonds is 4. The lowest BCUT2D eigenvalue weighted by Gasteiger charge is -2.27. The minimum Gasteiger partial charge on any atom is -0.340 e. The Morgan fingerprint density at radius 3 is 2.82 bits per heavy atom. The number of nitrogens with zero attached hydrogens (tertiary/aromatic N) is 3. The number of aromatic nitrogens is 3. The minimum absolute atomic E-state index is 0.590. The fraction of sp³-hybridized carbons (Fsp3) is 0.238. The molecule has 4 aromatic rings. The Morgan fingerprint density at radius 2 is 2.14 bits per heavy atom. The van der Waals surface area contributed by atoms with Gasteiger partial charge in [0, 0.05) is 41.9 Å². The topological polar surface area (TPSA) is 83.4 Å². The molecule has 142 valence electrons. The van der Waals surface area contributed by atoms with Gasteiger partial charge in [-0.1, -0.05) is 13.0 Å². The number of H-pyrrole nitrogens is 1. The van der Waals surface area contributed by atoms with Gasteiger partial charge in [-0.25, -0.2) is 4.98 Å². The fourth-order valence-corrected chi connectivity index (χ4v) is 5.37. The summed E-state index contributed by atoms with van der Waals surface area (Å²) in [6.45, 7) is 6.31. The number of nitrogens with one attached hydrogen (secondary N) is 1. The Labute approximate surface area is 180 Å². The molecule has 0 aliphatic heterocycles. The highest BCUT2D eigenvalue weighted by Gasteiger charge is 2.32. The van der Waals surface area contributed by atoms with E-state index in [-0.39, 0.29) is 0 Å². The normalized spacial score (nSPS) is 13.7. The predicted molar refractivity (Wildman–Crippen MR) is 125 cm³/mol. The van der Waals surface area contributed by atoms with Crippen molar-refractivity contribution in [1.82, 2.24) is 13.9 Å². The van der Waals surface area contributed by atoms with Gasteiger partial charge >= 0.3 is 0 Å². The first-order valence-electron chi connectivity index (χ1n) is 9.03. The van der Waals surface area contributed by atoms with Crippen molar-refractivity contribution in [3.05, 3.63) is 64.6 Å². The van der Waals surface area contributed by atoms with Crippen LogP contribution in [0.3, 0.4) is 0 Å². The second kappa shape index (κ2) is 7.10. The Kier molecular flexibility index (Phi) is 4.89. The van der Waals surface area contributed by atoms with Gasteiger partial charge in [-0.3, -0.25) is 3.97 Å².